The van der Waals surface area contributed by atoms with Crippen LogP contribution in [-0.4, -0.2) is 47.0 Å². The number of ether oxygens (including phenoxy) is 2. The third kappa shape index (κ3) is 5.59. The number of nitrogens with zero attached hydrogens (tertiary/aromatic N) is 1. The molecule has 2 N–H and O–H groups in total. The van der Waals surface area contributed by atoms with E-state index in [1.165, 1.54) is 0 Å². The zero-order valence-electron chi connectivity index (χ0n) is 21.4. The van der Waals surface area contributed by atoms with Crippen molar-refractivity contribution in [2.75, 3.05) is 19.7 Å². The van der Waals surface area contributed by atoms with Gasteiger partial charge in [-0.05, 0) is 98.8 Å². The molecule has 0 saturated carbocycles. The van der Waals surface area contributed by atoms with Crippen molar-refractivity contribution in [2.45, 2.75) is 51.4 Å². The molecule has 0 spiro atoms. The highest BCUT2D eigenvalue weighted by molar-refractivity contribution is 5.95. The zero-order valence-corrected chi connectivity index (χ0v) is 21.4. The van der Waals surface area contributed by atoms with Crippen LogP contribution in [0.15, 0.2) is 66.7 Å². The predicted octanol–water partition coefficient (Wildman–Crippen LogP) is 6.75. The lowest BCUT2D eigenvalue weighted by molar-refractivity contribution is 0.147. The summed E-state index contributed by atoms with van der Waals surface area (Å²) in [6, 6.07) is 20.4. The summed E-state index contributed by atoms with van der Waals surface area (Å²) in [6.45, 7) is 6.37. The number of allylic oxidation sites excluding steroid dienone is 1. The van der Waals surface area contributed by atoms with E-state index < -0.39 is 12.3 Å². The van der Waals surface area contributed by atoms with Crippen molar-refractivity contribution in [2.24, 2.45) is 0 Å². The van der Waals surface area contributed by atoms with Gasteiger partial charge in [-0.2, -0.15) is 0 Å². The number of phenolic OH excluding ortho intramolecular Hbond substituents is 2. The van der Waals surface area contributed by atoms with E-state index in [-0.39, 0.29) is 17.5 Å². The Morgan fingerprint density at radius 1 is 1.00 bits per heavy atom. The average molecular weight is 504 g/mol. The second-order valence-electron chi connectivity index (χ2n) is 10.1. The molecule has 5 nitrogen and oxygen atoms in total. The van der Waals surface area contributed by atoms with Gasteiger partial charge in [-0.1, -0.05) is 24.3 Å². The quantitative estimate of drug-likeness (QED) is 0.389. The van der Waals surface area contributed by atoms with Gasteiger partial charge in [0.25, 0.3) is 0 Å². The summed E-state index contributed by atoms with van der Waals surface area (Å²) in [6.07, 6.45) is 1.06. The van der Waals surface area contributed by atoms with Crippen molar-refractivity contribution in [3.8, 4) is 23.0 Å². The van der Waals surface area contributed by atoms with E-state index >= 15 is 0 Å². The SMILES string of the molecule is CC1=C(c2cccc(O)c2)C(c2ccc(OCC(C)N3CCCC(F)CC3)cc2)Oc2ccc(O)cc21. The van der Waals surface area contributed by atoms with Gasteiger partial charge in [-0.15, -0.1) is 0 Å². The van der Waals surface area contributed by atoms with Crippen molar-refractivity contribution in [3.05, 3.63) is 83.4 Å². The zero-order chi connectivity index (χ0) is 25.9. The van der Waals surface area contributed by atoms with Gasteiger partial charge in [-0.3, -0.25) is 4.90 Å². The first-order valence-electron chi connectivity index (χ1n) is 13.0. The Balaban J connectivity index is 1.36. The summed E-state index contributed by atoms with van der Waals surface area (Å²) in [5.74, 6) is 1.83. The van der Waals surface area contributed by atoms with Crippen LogP contribution in [0.4, 0.5) is 4.39 Å². The minimum atomic E-state index is -0.687. The number of hydrogen-bond acceptors (Lipinski definition) is 5. The molecule has 2 heterocycles. The topological polar surface area (TPSA) is 62.2 Å². The van der Waals surface area contributed by atoms with Gasteiger partial charge < -0.3 is 19.7 Å². The Morgan fingerprint density at radius 3 is 2.57 bits per heavy atom. The fraction of sp³-hybridized carbons (Fsp3) is 0.355. The summed E-state index contributed by atoms with van der Waals surface area (Å²) in [4.78, 5) is 2.31. The molecule has 0 bridgehead atoms. The number of phenols is 2. The number of aromatic hydroxyl groups is 2. The van der Waals surface area contributed by atoms with E-state index in [1.807, 2.05) is 43.3 Å². The lowest BCUT2D eigenvalue weighted by Gasteiger charge is -2.31. The van der Waals surface area contributed by atoms with Crippen LogP contribution in [0, 0.1) is 0 Å². The number of fused-ring (bicyclic) bond motifs is 1. The van der Waals surface area contributed by atoms with Gasteiger partial charge in [0.15, 0.2) is 0 Å². The van der Waals surface area contributed by atoms with E-state index in [0.29, 0.717) is 25.2 Å². The van der Waals surface area contributed by atoms with Crippen LogP contribution in [-0.2, 0) is 0 Å². The maximum atomic E-state index is 13.7. The summed E-state index contributed by atoms with van der Waals surface area (Å²) in [5.41, 5.74) is 4.56. The van der Waals surface area contributed by atoms with Crippen LogP contribution in [0.5, 0.6) is 23.0 Å². The molecule has 0 amide bonds. The molecule has 37 heavy (non-hydrogen) atoms. The van der Waals surface area contributed by atoms with Crippen molar-refractivity contribution >= 4 is 11.1 Å². The fourth-order valence-electron chi connectivity index (χ4n) is 5.30. The number of benzene rings is 3. The van der Waals surface area contributed by atoms with Crippen LogP contribution in [0.25, 0.3) is 11.1 Å². The Hall–Kier alpha value is -3.51. The minimum absolute atomic E-state index is 0.177. The highest BCUT2D eigenvalue weighted by atomic mass is 19.1. The minimum Gasteiger partial charge on any atom is -0.508 e. The third-order valence-corrected chi connectivity index (χ3v) is 7.42. The number of likely N-dealkylation sites (tertiary alicyclic amines) is 1. The lowest BCUT2D eigenvalue weighted by Crippen LogP contribution is -2.38. The van der Waals surface area contributed by atoms with E-state index in [4.69, 9.17) is 9.47 Å². The number of halogens is 1. The fourth-order valence-corrected chi connectivity index (χ4v) is 5.30. The van der Waals surface area contributed by atoms with Gasteiger partial charge in [0.2, 0.25) is 0 Å². The first-order valence-corrected chi connectivity index (χ1v) is 13.0. The highest BCUT2D eigenvalue weighted by Crippen LogP contribution is 2.47. The maximum Gasteiger partial charge on any atom is 0.150 e. The first kappa shape index (κ1) is 25.2. The lowest BCUT2D eigenvalue weighted by atomic mass is 9.86. The van der Waals surface area contributed by atoms with Crippen LogP contribution < -0.4 is 9.47 Å². The van der Waals surface area contributed by atoms with Crippen molar-refractivity contribution in [3.63, 3.8) is 0 Å². The second-order valence-corrected chi connectivity index (χ2v) is 10.1. The Kier molecular flexibility index (Phi) is 7.38. The molecular formula is C31H34FNO4. The molecule has 5 rings (SSSR count). The number of rotatable bonds is 6. The van der Waals surface area contributed by atoms with Crippen molar-refractivity contribution in [1.29, 1.82) is 0 Å². The summed E-state index contributed by atoms with van der Waals surface area (Å²) >= 11 is 0. The molecule has 3 unspecified atom stereocenters. The van der Waals surface area contributed by atoms with Gasteiger partial charge in [0, 0.05) is 23.7 Å². The summed E-state index contributed by atoms with van der Waals surface area (Å²) < 4.78 is 26.3. The largest absolute Gasteiger partial charge is 0.508 e. The van der Waals surface area contributed by atoms with Gasteiger partial charge >= 0.3 is 0 Å². The standard InChI is InChI=1S/C31H34FNO4/c1-20(33-15-4-6-24(32)14-16-33)19-36-27-11-8-22(9-12-27)31-30(23-5-3-7-25(34)17-23)21(2)28-18-26(35)10-13-29(28)37-31/h3,5,7-13,17-18,20,24,31,34-35H,4,6,14-16,19H2,1-2H3. The van der Waals surface area contributed by atoms with Gasteiger partial charge in [0.1, 0.15) is 41.9 Å². The molecule has 1 fully saturated rings. The van der Waals surface area contributed by atoms with E-state index in [1.54, 1.807) is 30.3 Å². The Bertz CT molecular complexity index is 1270. The van der Waals surface area contributed by atoms with Crippen molar-refractivity contribution < 1.29 is 24.1 Å². The predicted molar refractivity (Wildman–Crippen MR) is 144 cm³/mol. The number of hydrogen-bond donors (Lipinski definition) is 2. The normalized spacial score (nSPS) is 21.1. The van der Waals surface area contributed by atoms with Crippen LogP contribution in [0.1, 0.15) is 55.9 Å². The Labute approximate surface area is 217 Å². The van der Waals surface area contributed by atoms with Crippen LogP contribution >= 0.6 is 0 Å². The molecule has 3 atom stereocenters. The molecule has 1 saturated heterocycles. The monoisotopic (exact) mass is 503 g/mol. The van der Waals surface area contributed by atoms with Crippen LogP contribution in [0.2, 0.25) is 0 Å². The van der Waals surface area contributed by atoms with Gasteiger partial charge in [0.05, 0.1) is 0 Å². The van der Waals surface area contributed by atoms with Crippen LogP contribution in [0.3, 0.4) is 0 Å². The molecule has 2 aliphatic rings. The number of alkyl halides is 1. The molecule has 3 aromatic carbocycles. The molecule has 0 aromatic heterocycles. The molecule has 194 valence electrons. The van der Waals surface area contributed by atoms with E-state index in [2.05, 4.69) is 11.8 Å². The Morgan fingerprint density at radius 2 is 1.78 bits per heavy atom. The van der Waals surface area contributed by atoms with E-state index in [0.717, 1.165) is 53.1 Å². The third-order valence-electron chi connectivity index (χ3n) is 7.42. The molecule has 0 aliphatic carbocycles. The molecule has 0 radical (unpaired) electrons. The summed E-state index contributed by atoms with van der Waals surface area (Å²) in [7, 11) is 0. The average Bonchev–Trinajstić information content (AvgIpc) is 3.12. The van der Waals surface area contributed by atoms with Gasteiger partial charge in [-0.25, -0.2) is 4.39 Å². The summed E-state index contributed by atoms with van der Waals surface area (Å²) in [5, 5.41) is 20.2. The molecule has 6 heteroatoms. The smallest absolute Gasteiger partial charge is 0.150 e. The molecule has 3 aromatic rings. The van der Waals surface area contributed by atoms with Crippen molar-refractivity contribution in [1.82, 2.24) is 4.90 Å². The molecular weight excluding hydrogens is 469 g/mol. The second kappa shape index (κ2) is 10.9. The highest BCUT2D eigenvalue weighted by Gasteiger charge is 2.30. The first-order chi connectivity index (χ1) is 17.9. The molecule has 2 aliphatic heterocycles. The van der Waals surface area contributed by atoms with E-state index in [9.17, 15) is 14.6 Å². The maximum absolute atomic E-state index is 13.7.